The first-order chi connectivity index (χ1) is 12.6. The van der Waals surface area contributed by atoms with Crippen molar-refractivity contribution < 1.29 is 13.5 Å². The molecule has 2 aromatic rings. The Labute approximate surface area is 154 Å². The highest BCUT2D eigenvalue weighted by molar-refractivity contribution is 6.31. The number of nitrogens with zero attached hydrogens (tertiary/aromatic N) is 3. The van der Waals surface area contributed by atoms with E-state index in [1.54, 1.807) is 0 Å². The molecule has 0 bridgehead atoms. The van der Waals surface area contributed by atoms with Crippen LogP contribution in [0.5, 0.6) is 5.75 Å². The standard InChI is InChI=1S/C18H19ClF2N4O/c19-12-8-15-13(7-11(12)16(20)21)25(5-6-26-15)18-14-9-22-3-4-24(14)17(23-18)10-1-2-10/h7-8,10,16,22H,1-6,9H2. The molecule has 0 unspecified atom stereocenters. The summed E-state index contributed by atoms with van der Waals surface area (Å²) in [5.41, 5.74) is 1.57. The molecule has 1 saturated carbocycles. The van der Waals surface area contributed by atoms with Crippen LogP contribution in [-0.2, 0) is 13.1 Å². The van der Waals surface area contributed by atoms with Gasteiger partial charge in [-0.15, -0.1) is 0 Å². The van der Waals surface area contributed by atoms with Gasteiger partial charge in [0.1, 0.15) is 18.2 Å². The third-order valence-corrected chi connectivity index (χ3v) is 5.59. The molecule has 5 rings (SSSR count). The van der Waals surface area contributed by atoms with Crippen molar-refractivity contribution in [2.75, 3.05) is 24.6 Å². The normalized spacial score (nSPS) is 19.3. The van der Waals surface area contributed by atoms with Gasteiger partial charge in [-0.2, -0.15) is 0 Å². The molecule has 1 fully saturated rings. The Bertz CT molecular complexity index is 865. The van der Waals surface area contributed by atoms with Crippen LogP contribution in [0.1, 0.15) is 42.3 Å². The van der Waals surface area contributed by atoms with E-state index >= 15 is 0 Å². The van der Waals surface area contributed by atoms with E-state index in [1.165, 1.54) is 25.0 Å². The minimum absolute atomic E-state index is 0.0350. The van der Waals surface area contributed by atoms with Crippen LogP contribution in [0.3, 0.4) is 0 Å². The summed E-state index contributed by atoms with van der Waals surface area (Å²) in [6, 6.07) is 2.94. The number of alkyl halides is 2. The highest BCUT2D eigenvalue weighted by atomic mass is 35.5. The average molecular weight is 381 g/mol. The zero-order valence-electron chi connectivity index (χ0n) is 14.1. The van der Waals surface area contributed by atoms with Gasteiger partial charge >= 0.3 is 0 Å². The molecule has 0 saturated heterocycles. The topological polar surface area (TPSA) is 42.3 Å². The van der Waals surface area contributed by atoms with Crippen molar-refractivity contribution in [2.24, 2.45) is 0 Å². The number of ether oxygens (including phenoxy) is 1. The lowest BCUT2D eigenvalue weighted by atomic mass is 10.1. The van der Waals surface area contributed by atoms with Crippen molar-refractivity contribution in [1.82, 2.24) is 14.9 Å². The predicted molar refractivity (Wildman–Crippen MR) is 94.8 cm³/mol. The maximum absolute atomic E-state index is 13.3. The molecule has 3 aliphatic rings. The molecule has 26 heavy (non-hydrogen) atoms. The zero-order chi connectivity index (χ0) is 17.8. The fraction of sp³-hybridized carbons (Fsp3) is 0.500. The smallest absolute Gasteiger partial charge is 0.265 e. The number of anilines is 2. The van der Waals surface area contributed by atoms with Gasteiger partial charge in [-0.25, -0.2) is 13.8 Å². The second-order valence-electron chi connectivity index (χ2n) is 6.99. The summed E-state index contributed by atoms with van der Waals surface area (Å²) in [4.78, 5) is 6.95. The average Bonchev–Trinajstić information content (AvgIpc) is 3.41. The lowest BCUT2D eigenvalue weighted by Gasteiger charge is -2.32. The SMILES string of the molecule is FC(F)c1cc2c(cc1Cl)OCCN2c1nc(C2CC2)n2c1CNCC2. The number of hydrogen-bond acceptors (Lipinski definition) is 4. The van der Waals surface area contributed by atoms with Crippen molar-refractivity contribution in [2.45, 2.75) is 38.3 Å². The van der Waals surface area contributed by atoms with Crippen LogP contribution in [0.25, 0.3) is 0 Å². The van der Waals surface area contributed by atoms with Gasteiger partial charge < -0.3 is 19.5 Å². The molecule has 1 aliphatic carbocycles. The van der Waals surface area contributed by atoms with E-state index in [2.05, 4.69) is 9.88 Å². The van der Waals surface area contributed by atoms with Crippen LogP contribution in [0.4, 0.5) is 20.3 Å². The molecular weight excluding hydrogens is 362 g/mol. The Balaban J connectivity index is 1.63. The Hall–Kier alpha value is -1.86. The summed E-state index contributed by atoms with van der Waals surface area (Å²) in [7, 11) is 0. The minimum atomic E-state index is -2.63. The van der Waals surface area contributed by atoms with E-state index in [-0.39, 0.29) is 10.6 Å². The summed E-state index contributed by atoms with van der Waals surface area (Å²) in [6.45, 7) is 3.60. The van der Waals surface area contributed by atoms with Crippen molar-refractivity contribution in [3.8, 4) is 5.75 Å². The quantitative estimate of drug-likeness (QED) is 0.874. The second kappa shape index (κ2) is 6.09. The minimum Gasteiger partial charge on any atom is -0.489 e. The zero-order valence-corrected chi connectivity index (χ0v) is 14.9. The Morgan fingerprint density at radius 2 is 2.12 bits per heavy atom. The molecule has 3 heterocycles. The van der Waals surface area contributed by atoms with E-state index in [9.17, 15) is 8.78 Å². The second-order valence-corrected chi connectivity index (χ2v) is 7.39. The highest BCUT2D eigenvalue weighted by Crippen LogP contribution is 2.46. The monoisotopic (exact) mass is 380 g/mol. The first-order valence-electron chi connectivity index (χ1n) is 8.95. The third-order valence-electron chi connectivity index (χ3n) is 5.26. The van der Waals surface area contributed by atoms with Crippen LogP contribution in [-0.4, -0.2) is 29.2 Å². The van der Waals surface area contributed by atoms with Gasteiger partial charge in [0.05, 0.1) is 22.9 Å². The first kappa shape index (κ1) is 16.3. The van der Waals surface area contributed by atoms with E-state index in [0.717, 1.165) is 37.0 Å². The fourth-order valence-electron chi connectivity index (χ4n) is 3.82. The molecule has 5 nitrogen and oxygen atoms in total. The molecule has 2 aliphatic heterocycles. The summed E-state index contributed by atoms with van der Waals surface area (Å²) in [5, 5.41) is 3.43. The fourth-order valence-corrected chi connectivity index (χ4v) is 4.06. The highest BCUT2D eigenvalue weighted by Gasteiger charge is 2.35. The molecule has 8 heteroatoms. The van der Waals surface area contributed by atoms with Crippen molar-refractivity contribution in [3.05, 3.63) is 34.2 Å². The number of rotatable bonds is 3. The molecule has 138 valence electrons. The van der Waals surface area contributed by atoms with E-state index in [1.807, 2.05) is 4.90 Å². The Morgan fingerprint density at radius 1 is 1.27 bits per heavy atom. The number of halogens is 3. The Kier molecular flexibility index (Phi) is 3.83. The molecule has 1 aromatic heterocycles. The van der Waals surface area contributed by atoms with Crippen LogP contribution in [0.15, 0.2) is 12.1 Å². The molecule has 1 N–H and O–H groups in total. The number of fused-ring (bicyclic) bond motifs is 2. The summed E-state index contributed by atoms with van der Waals surface area (Å²) in [6.07, 6.45) is -0.279. The van der Waals surface area contributed by atoms with Gasteiger partial charge in [0.15, 0.2) is 5.82 Å². The van der Waals surface area contributed by atoms with Gasteiger partial charge in [0, 0.05) is 37.2 Å². The van der Waals surface area contributed by atoms with E-state index in [4.69, 9.17) is 21.3 Å². The van der Waals surface area contributed by atoms with Crippen molar-refractivity contribution in [1.29, 1.82) is 0 Å². The molecule has 1 aromatic carbocycles. The summed E-state index contributed by atoms with van der Waals surface area (Å²) < 4.78 is 34.7. The van der Waals surface area contributed by atoms with Gasteiger partial charge in [0.25, 0.3) is 6.43 Å². The maximum Gasteiger partial charge on any atom is 0.265 e. The van der Waals surface area contributed by atoms with Crippen molar-refractivity contribution >= 4 is 23.1 Å². The number of aromatic nitrogens is 2. The largest absolute Gasteiger partial charge is 0.489 e. The van der Waals surface area contributed by atoms with Gasteiger partial charge in [-0.1, -0.05) is 11.6 Å². The summed E-state index contributed by atoms with van der Waals surface area (Å²) >= 11 is 6.01. The lowest BCUT2D eigenvalue weighted by molar-refractivity contribution is 0.151. The van der Waals surface area contributed by atoms with Crippen LogP contribution >= 0.6 is 11.6 Å². The summed E-state index contributed by atoms with van der Waals surface area (Å²) in [5.74, 6) is 3.05. The van der Waals surface area contributed by atoms with Gasteiger partial charge in [-0.3, -0.25) is 0 Å². The van der Waals surface area contributed by atoms with Gasteiger partial charge in [0.2, 0.25) is 0 Å². The van der Waals surface area contributed by atoms with Crippen LogP contribution in [0.2, 0.25) is 5.02 Å². The number of nitrogens with one attached hydrogen (secondary N) is 1. The van der Waals surface area contributed by atoms with Crippen molar-refractivity contribution in [3.63, 3.8) is 0 Å². The number of benzene rings is 1. The number of hydrogen-bond donors (Lipinski definition) is 1. The predicted octanol–water partition coefficient (Wildman–Crippen LogP) is 3.99. The first-order valence-corrected chi connectivity index (χ1v) is 9.33. The van der Waals surface area contributed by atoms with E-state index in [0.29, 0.717) is 30.5 Å². The number of imidazole rings is 1. The van der Waals surface area contributed by atoms with E-state index < -0.39 is 6.43 Å². The third kappa shape index (κ3) is 2.56. The molecule has 0 radical (unpaired) electrons. The molecule has 0 atom stereocenters. The van der Waals surface area contributed by atoms with Crippen LogP contribution < -0.4 is 15.0 Å². The molecular formula is C18H19ClF2N4O. The van der Waals surface area contributed by atoms with Gasteiger partial charge in [-0.05, 0) is 18.9 Å². The van der Waals surface area contributed by atoms with Crippen LogP contribution in [0, 0.1) is 0 Å². The lowest BCUT2D eigenvalue weighted by Crippen LogP contribution is -2.33. The molecule has 0 amide bonds. The maximum atomic E-state index is 13.3. The molecule has 0 spiro atoms. The Morgan fingerprint density at radius 3 is 2.88 bits per heavy atom.